The van der Waals surface area contributed by atoms with Crippen LogP contribution in [0.15, 0.2) is 48.5 Å². The molecule has 7 nitrogen and oxygen atoms in total. The molecule has 2 saturated carbocycles. The van der Waals surface area contributed by atoms with Gasteiger partial charge in [0.15, 0.2) is 0 Å². The molecule has 2 amide bonds. The summed E-state index contributed by atoms with van der Waals surface area (Å²) >= 11 is 0. The van der Waals surface area contributed by atoms with Crippen LogP contribution in [-0.2, 0) is 14.3 Å². The van der Waals surface area contributed by atoms with Crippen molar-refractivity contribution in [3.05, 3.63) is 59.7 Å². The topological polar surface area (TPSA) is 105 Å². The molecule has 0 aliphatic heterocycles. The molecule has 0 bridgehead atoms. The molecule has 35 heavy (non-hydrogen) atoms. The predicted octanol–water partition coefficient (Wildman–Crippen LogP) is 4.31. The molecule has 0 heterocycles. The van der Waals surface area contributed by atoms with E-state index >= 15 is 0 Å². The lowest BCUT2D eigenvalue weighted by Crippen LogP contribution is -2.39. The summed E-state index contributed by atoms with van der Waals surface area (Å²) < 4.78 is 5.66. The van der Waals surface area contributed by atoms with Crippen LogP contribution in [0, 0.1) is 16.7 Å². The van der Waals surface area contributed by atoms with Gasteiger partial charge in [-0.15, -0.1) is 0 Å². The summed E-state index contributed by atoms with van der Waals surface area (Å²) in [6, 6.07) is 16.4. The van der Waals surface area contributed by atoms with Crippen molar-refractivity contribution >= 4 is 18.0 Å². The molecule has 7 heteroatoms. The molecule has 5 rings (SSSR count). The van der Waals surface area contributed by atoms with Crippen molar-refractivity contribution < 1.29 is 24.2 Å². The van der Waals surface area contributed by atoms with Crippen LogP contribution in [0.3, 0.4) is 0 Å². The number of carbonyl (C=O) groups is 3. The highest BCUT2D eigenvalue weighted by Gasteiger charge is 2.65. The van der Waals surface area contributed by atoms with Gasteiger partial charge in [0, 0.05) is 18.5 Å². The zero-order valence-corrected chi connectivity index (χ0v) is 20.2. The SMILES string of the molecule is CC(C)(CCNC(=O)C12CC(NC(=O)OCC3c4ccccc4-c4ccccc43)CC1C2)C(=O)O. The fraction of sp³-hybridized carbons (Fsp3) is 0.464. The Balaban J connectivity index is 1.12. The molecule has 2 aromatic rings. The number of amides is 2. The van der Waals surface area contributed by atoms with Crippen molar-refractivity contribution in [2.75, 3.05) is 13.2 Å². The van der Waals surface area contributed by atoms with Crippen molar-refractivity contribution in [3.8, 4) is 11.1 Å². The molecule has 3 aliphatic carbocycles. The molecule has 0 spiro atoms. The van der Waals surface area contributed by atoms with Crippen LogP contribution >= 0.6 is 0 Å². The van der Waals surface area contributed by atoms with Crippen LogP contribution in [0.2, 0.25) is 0 Å². The highest BCUT2D eigenvalue weighted by Crippen LogP contribution is 2.63. The van der Waals surface area contributed by atoms with Gasteiger partial charge in [0.25, 0.3) is 0 Å². The molecule has 3 N–H and O–H groups in total. The quantitative estimate of drug-likeness (QED) is 0.527. The number of fused-ring (bicyclic) bond motifs is 4. The maximum absolute atomic E-state index is 12.8. The second kappa shape index (κ2) is 8.70. The minimum Gasteiger partial charge on any atom is -0.481 e. The maximum Gasteiger partial charge on any atom is 0.407 e. The molecular weight excluding hydrogens is 444 g/mol. The van der Waals surface area contributed by atoms with Gasteiger partial charge in [-0.2, -0.15) is 0 Å². The van der Waals surface area contributed by atoms with E-state index in [2.05, 4.69) is 34.9 Å². The third-order valence-corrected chi connectivity index (χ3v) is 8.14. The molecule has 184 valence electrons. The molecule has 0 radical (unpaired) electrons. The van der Waals surface area contributed by atoms with E-state index in [0.717, 1.165) is 12.8 Å². The van der Waals surface area contributed by atoms with Crippen molar-refractivity contribution in [3.63, 3.8) is 0 Å². The highest BCUT2D eigenvalue weighted by atomic mass is 16.5. The number of carboxylic acid groups (broad SMARTS) is 1. The summed E-state index contributed by atoms with van der Waals surface area (Å²) in [7, 11) is 0. The van der Waals surface area contributed by atoms with Crippen LogP contribution in [-0.4, -0.2) is 42.3 Å². The van der Waals surface area contributed by atoms with Gasteiger partial charge >= 0.3 is 12.1 Å². The van der Waals surface area contributed by atoms with Crippen molar-refractivity contribution in [2.45, 2.75) is 51.5 Å². The molecule has 0 saturated heterocycles. The summed E-state index contributed by atoms with van der Waals surface area (Å²) in [6.07, 6.45) is 2.10. The first kappa shape index (κ1) is 23.4. The number of nitrogens with one attached hydrogen (secondary N) is 2. The normalized spacial score (nSPS) is 24.2. The lowest BCUT2D eigenvalue weighted by molar-refractivity contribution is -0.147. The number of carboxylic acids is 1. The number of ether oxygens (including phenoxy) is 1. The first-order chi connectivity index (χ1) is 16.7. The number of rotatable bonds is 8. The first-order valence-electron chi connectivity index (χ1n) is 12.3. The van der Waals surface area contributed by atoms with E-state index in [1.165, 1.54) is 22.3 Å². The van der Waals surface area contributed by atoms with E-state index in [-0.39, 0.29) is 30.4 Å². The van der Waals surface area contributed by atoms with E-state index in [1.54, 1.807) is 13.8 Å². The van der Waals surface area contributed by atoms with E-state index in [9.17, 15) is 19.5 Å². The number of carbonyl (C=O) groups excluding carboxylic acids is 2. The third-order valence-electron chi connectivity index (χ3n) is 8.14. The van der Waals surface area contributed by atoms with Crippen molar-refractivity contribution in [1.82, 2.24) is 10.6 Å². The lowest BCUT2D eigenvalue weighted by Gasteiger charge is -2.21. The Hall–Kier alpha value is -3.35. The molecule has 3 aliphatic rings. The molecular formula is C28H32N2O5. The Bertz CT molecular complexity index is 1130. The zero-order chi connectivity index (χ0) is 24.8. The van der Waals surface area contributed by atoms with Crippen molar-refractivity contribution in [1.29, 1.82) is 0 Å². The van der Waals surface area contributed by atoms with Gasteiger partial charge in [-0.05, 0) is 67.7 Å². The highest BCUT2D eigenvalue weighted by molar-refractivity contribution is 5.87. The van der Waals surface area contributed by atoms with Crippen LogP contribution in [0.4, 0.5) is 4.79 Å². The molecule has 2 aromatic carbocycles. The summed E-state index contributed by atoms with van der Waals surface area (Å²) in [5.41, 5.74) is 3.41. The van der Waals surface area contributed by atoms with Gasteiger partial charge in [0.05, 0.1) is 10.8 Å². The Morgan fingerprint density at radius 3 is 2.29 bits per heavy atom. The van der Waals surface area contributed by atoms with E-state index in [1.807, 2.05) is 24.3 Å². The Labute approximate surface area is 205 Å². The minimum atomic E-state index is -0.877. The van der Waals surface area contributed by atoms with Gasteiger partial charge in [-0.1, -0.05) is 48.5 Å². The summed E-state index contributed by atoms with van der Waals surface area (Å²) in [5, 5.41) is 15.1. The predicted molar refractivity (Wildman–Crippen MR) is 131 cm³/mol. The van der Waals surface area contributed by atoms with Crippen LogP contribution < -0.4 is 10.6 Å². The fourth-order valence-electron chi connectivity index (χ4n) is 5.87. The fourth-order valence-corrected chi connectivity index (χ4v) is 5.87. The third kappa shape index (κ3) is 4.28. The standard InChI is InChI=1S/C28H32N2O5/c1-27(2,25(32)33)11-12-29-24(31)28-14-17(28)13-18(15-28)30-26(34)35-16-23-21-9-5-3-7-19(21)20-8-4-6-10-22(20)23/h3-10,17-18,23H,11-16H2,1-2H3,(H,29,31)(H,30,34)(H,32,33). The lowest BCUT2D eigenvalue weighted by atomic mass is 9.89. The minimum absolute atomic E-state index is 0.0114. The molecule has 3 unspecified atom stereocenters. The van der Waals surface area contributed by atoms with Gasteiger partial charge in [0.2, 0.25) is 5.91 Å². The first-order valence-corrected chi connectivity index (χ1v) is 12.3. The average Bonchev–Trinajstić information content (AvgIpc) is 3.26. The van der Waals surface area contributed by atoms with Gasteiger partial charge in [0.1, 0.15) is 6.61 Å². The van der Waals surface area contributed by atoms with Gasteiger partial charge in [-0.25, -0.2) is 4.79 Å². The second-order valence-electron chi connectivity index (χ2n) is 10.9. The Kier molecular flexibility index (Phi) is 5.82. The largest absolute Gasteiger partial charge is 0.481 e. The number of benzene rings is 2. The Morgan fingerprint density at radius 1 is 1.03 bits per heavy atom. The average molecular weight is 477 g/mol. The van der Waals surface area contributed by atoms with Gasteiger partial charge < -0.3 is 20.5 Å². The van der Waals surface area contributed by atoms with Crippen LogP contribution in [0.25, 0.3) is 11.1 Å². The summed E-state index contributed by atoms with van der Waals surface area (Å²) in [4.78, 5) is 36.7. The second-order valence-corrected chi connectivity index (χ2v) is 10.9. The molecule has 3 atom stereocenters. The smallest absolute Gasteiger partial charge is 0.407 e. The summed E-state index contributed by atoms with van der Waals surface area (Å²) in [5.74, 6) is -0.630. The van der Waals surface area contributed by atoms with Crippen molar-refractivity contribution in [2.24, 2.45) is 16.7 Å². The zero-order valence-electron chi connectivity index (χ0n) is 20.2. The van der Waals surface area contributed by atoms with Crippen LogP contribution in [0.5, 0.6) is 0 Å². The maximum atomic E-state index is 12.8. The number of aliphatic carboxylic acids is 1. The van der Waals surface area contributed by atoms with Gasteiger partial charge in [-0.3, -0.25) is 9.59 Å². The van der Waals surface area contributed by atoms with Crippen LogP contribution in [0.1, 0.15) is 56.6 Å². The number of hydrogen-bond acceptors (Lipinski definition) is 4. The van der Waals surface area contributed by atoms with E-state index < -0.39 is 22.9 Å². The van der Waals surface area contributed by atoms with E-state index in [4.69, 9.17) is 4.74 Å². The number of hydrogen-bond donors (Lipinski definition) is 3. The number of alkyl carbamates (subject to hydrolysis) is 1. The molecule has 2 fully saturated rings. The molecule has 0 aromatic heterocycles. The summed E-state index contributed by atoms with van der Waals surface area (Å²) in [6.45, 7) is 3.91. The monoisotopic (exact) mass is 476 g/mol. The van der Waals surface area contributed by atoms with E-state index in [0.29, 0.717) is 19.4 Å². The Morgan fingerprint density at radius 2 is 1.66 bits per heavy atom.